The van der Waals surface area contributed by atoms with Gasteiger partial charge in [-0.05, 0) is 24.6 Å². The molecule has 3 aromatic heterocycles. The minimum atomic E-state index is -0.639. The Bertz CT molecular complexity index is 1580. The number of pyridine rings is 1. The fourth-order valence-electron chi connectivity index (χ4n) is 4.80. The molecule has 0 radical (unpaired) electrons. The minimum Gasteiger partial charge on any atom is -0.336 e. The molecule has 1 N–H and O–H groups in total. The Morgan fingerprint density at radius 1 is 1.05 bits per heavy atom. The summed E-state index contributed by atoms with van der Waals surface area (Å²) in [6, 6.07) is 15.3. The molecule has 2 amide bonds. The maximum Gasteiger partial charge on any atom is 0.328 e. The van der Waals surface area contributed by atoms with Crippen LogP contribution in [0.5, 0.6) is 0 Å². The summed E-state index contributed by atoms with van der Waals surface area (Å²) < 4.78 is 2.78. The molecule has 5 rings (SSSR count). The third-order valence-electron chi connectivity index (χ3n) is 6.83. The number of amides is 2. The molecule has 11 nitrogen and oxygen atoms in total. The molecule has 0 fully saturated rings. The molecule has 1 aliphatic heterocycles. The molecule has 4 heterocycles. The lowest BCUT2D eigenvalue weighted by atomic mass is 10.0. The van der Waals surface area contributed by atoms with Gasteiger partial charge in [0.2, 0.25) is 5.91 Å². The van der Waals surface area contributed by atoms with Gasteiger partial charge in [-0.1, -0.05) is 36.4 Å². The van der Waals surface area contributed by atoms with Gasteiger partial charge >= 0.3 is 5.69 Å². The first-order valence-electron chi connectivity index (χ1n) is 12.7. The van der Waals surface area contributed by atoms with Crippen LogP contribution in [0.3, 0.4) is 0 Å². The Balaban J connectivity index is 1.41. The van der Waals surface area contributed by atoms with E-state index in [4.69, 9.17) is 0 Å². The van der Waals surface area contributed by atoms with Crippen LogP contribution in [0.25, 0.3) is 0 Å². The first kappa shape index (κ1) is 25.8. The number of hydrogen-bond donors (Lipinski definition) is 1. The fraction of sp³-hybridized carbons (Fsp3) is 0.286. The van der Waals surface area contributed by atoms with E-state index in [1.165, 1.54) is 10.8 Å². The summed E-state index contributed by atoms with van der Waals surface area (Å²) in [5.74, 6) is -0.492. The van der Waals surface area contributed by atoms with Gasteiger partial charge in [-0.2, -0.15) is 5.10 Å². The number of aromatic amines is 1. The minimum absolute atomic E-state index is 0.197. The Hall–Kier alpha value is -4.80. The van der Waals surface area contributed by atoms with Crippen molar-refractivity contribution in [2.75, 3.05) is 6.54 Å². The van der Waals surface area contributed by atoms with Crippen LogP contribution >= 0.6 is 0 Å². The Morgan fingerprint density at radius 3 is 2.56 bits per heavy atom. The number of H-pyrrole nitrogens is 1. The van der Waals surface area contributed by atoms with E-state index in [9.17, 15) is 19.2 Å². The average Bonchev–Trinajstić information content (AvgIpc) is 3.27. The van der Waals surface area contributed by atoms with E-state index in [0.717, 1.165) is 17.0 Å². The molecule has 0 saturated heterocycles. The number of aryl methyl sites for hydroxylation is 2. The molecular formula is C28H29N7O4. The van der Waals surface area contributed by atoms with E-state index in [-0.39, 0.29) is 24.9 Å². The smallest absolute Gasteiger partial charge is 0.328 e. The lowest BCUT2D eigenvalue weighted by molar-refractivity contribution is -0.132. The van der Waals surface area contributed by atoms with Gasteiger partial charge in [-0.15, -0.1) is 0 Å². The predicted molar refractivity (Wildman–Crippen MR) is 143 cm³/mol. The Labute approximate surface area is 224 Å². The van der Waals surface area contributed by atoms with Gasteiger partial charge in [-0.3, -0.25) is 33.6 Å². The molecule has 0 saturated carbocycles. The standard InChI is InChI=1S/C28H29N7O4/c1-19-14-35(28(39)30-26(19)37)18-24(36)33-13-11-23-22(17-33)25(32(2)31-23)27(38)34(15-20-8-4-3-5-9-20)16-21-10-6-7-12-29-21/h3-10,12,14H,11,13,15-18H2,1-2H3,(H,30,37,39). The SMILES string of the molecule is Cc1cn(CC(=O)N2CCc3nn(C)c(C(=O)N(Cc4ccccc4)Cc4ccccn4)c3C2)c(=O)[nH]c1=O. The highest BCUT2D eigenvalue weighted by Crippen LogP contribution is 2.25. The molecule has 0 atom stereocenters. The van der Waals surface area contributed by atoms with Crippen LogP contribution in [0.1, 0.15) is 38.6 Å². The van der Waals surface area contributed by atoms with Crippen molar-refractivity contribution in [3.8, 4) is 0 Å². The molecular weight excluding hydrogens is 498 g/mol. The van der Waals surface area contributed by atoms with Crippen LogP contribution in [0.2, 0.25) is 0 Å². The molecule has 0 spiro atoms. The van der Waals surface area contributed by atoms with Crippen molar-refractivity contribution >= 4 is 11.8 Å². The number of rotatable bonds is 7. The maximum atomic E-state index is 14.0. The zero-order chi connectivity index (χ0) is 27.5. The van der Waals surface area contributed by atoms with Gasteiger partial charge in [0.25, 0.3) is 11.5 Å². The number of benzene rings is 1. The van der Waals surface area contributed by atoms with Crippen molar-refractivity contribution in [3.05, 3.63) is 116 Å². The quantitative estimate of drug-likeness (QED) is 0.387. The molecule has 39 heavy (non-hydrogen) atoms. The second kappa shape index (κ2) is 10.9. The number of nitrogens with one attached hydrogen (secondary N) is 1. The summed E-state index contributed by atoms with van der Waals surface area (Å²) in [4.78, 5) is 61.1. The molecule has 200 valence electrons. The lowest BCUT2D eigenvalue weighted by Crippen LogP contribution is -2.41. The number of hydrogen-bond acceptors (Lipinski definition) is 6. The molecule has 0 aliphatic carbocycles. The van der Waals surface area contributed by atoms with Crippen molar-refractivity contribution in [1.82, 2.24) is 34.1 Å². The predicted octanol–water partition coefficient (Wildman–Crippen LogP) is 1.40. The number of fused-ring (bicyclic) bond motifs is 1. The van der Waals surface area contributed by atoms with Crippen molar-refractivity contribution in [3.63, 3.8) is 0 Å². The van der Waals surface area contributed by atoms with E-state index >= 15 is 0 Å². The zero-order valence-electron chi connectivity index (χ0n) is 21.8. The summed E-state index contributed by atoms with van der Waals surface area (Å²) in [7, 11) is 1.74. The van der Waals surface area contributed by atoms with Crippen molar-refractivity contribution in [2.24, 2.45) is 7.05 Å². The summed E-state index contributed by atoms with van der Waals surface area (Å²) in [6.45, 7) is 2.67. The topological polar surface area (TPSA) is 126 Å². The monoisotopic (exact) mass is 527 g/mol. The number of nitrogens with zero attached hydrogens (tertiary/aromatic N) is 6. The summed E-state index contributed by atoms with van der Waals surface area (Å²) >= 11 is 0. The molecule has 4 aromatic rings. The largest absolute Gasteiger partial charge is 0.336 e. The third kappa shape index (κ3) is 5.57. The van der Waals surface area contributed by atoms with Gasteiger partial charge in [-0.25, -0.2) is 4.79 Å². The second-order valence-electron chi connectivity index (χ2n) is 9.63. The fourth-order valence-corrected chi connectivity index (χ4v) is 4.80. The van der Waals surface area contributed by atoms with E-state index in [0.29, 0.717) is 42.9 Å². The highest BCUT2D eigenvalue weighted by atomic mass is 16.2. The molecule has 0 bridgehead atoms. The molecule has 1 aliphatic rings. The third-order valence-corrected chi connectivity index (χ3v) is 6.83. The van der Waals surface area contributed by atoms with Crippen molar-refractivity contribution in [1.29, 1.82) is 0 Å². The normalized spacial score (nSPS) is 12.7. The van der Waals surface area contributed by atoms with Crippen LogP contribution in [0.15, 0.2) is 70.5 Å². The highest BCUT2D eigenvalue weighted by molar-refractivity contribution is 5.94. The van der Waals surface area contributed by atoms with Crippen LogP contribution in [-0.2, 0) is 44.4 Å². The number of carbonyl (C=O) groups excluding carboxylic acids is 2. The first-order valence-corrected chi connectivity index (χ1v) is 12.7. The van der Waals surface area contributed by atoms with Gasteiger partial charge in [0.15, 0.2) is 0 Å². The van der Waals surface area contributed by atoms with Gasteiger partial charge in [0.1, 0.15) is 12.2 Å². The molecule has 11 heteroatoms. The molecule has 0 unspecified atom stereocenters. The summed E-state index contributed by atoms with van der Waals surface area (Å²) in [6.07, 6.45) is 3.57. The first-order chi connectivity index (χ1) is 18.8. The zero-order valence-corrected chi connectivity index (χ0v) is 21.8. The van der Waals surface area contributed by atoms with Crippen molar-refractivity contribution in [2.45, 2.75) is 39.5 Å². The molecule has 1 aromatic carbocycles. The van der Waals surface area contributed by atoms with E-state index in [2.05, 4.69) is 15.1 Å². The highest BCUT2D eigenvalue weighted by Gasteiger charge is 2.31. The average molecular weight is 528 g/mol. The van der Waals surface area contributed by atoms with Crippen LogP contribution in [0, 0.1) is 6.92 Å². The number of aromatic nitrogens is 5. The maximum absolute atomic E-state index is 14.0. The summed E-state index contributed by atoms with van der Waals surface area (Å²) in [5.41, 5.74) is 2.87. The van der Waals surface area contributed by atoms with Crippen LogP contribution in [-0.4, -0.2) is 52.5 Å². The van der Waals surface area contributed by atoms with E-state index in [1.807, 2.05) is 48.5 Å². The Morgan fingerprint density at radius 2 is 1.82 bits per heavy atom. The van der Waals surface area contributed by atoms with Gasteiger partial charge in [0.05, 0.1) is 17.9 Å². The number of carbonyl (C=O) groups is 2. The Kier molecular flexibility index (Phi) is 7.22. The second-order valence-corrected chi connectivity index (χ2v) is 9.63. The van der Waals surface area contributed by atoms with E-state index < -0.39 is 11.2 Å². The van der Waals surface area contributed by atoms with Crippen LogP contribution in [0.4, 0.5) is 0 Å². The van der Waals surface area contributed by atoms with Crippen LogP contribution < -0.4 is 11.2 Å². The lowest BCUT2D eigenvalue weighted by Gasteiger charge is -2.28. The van der Waals surface area contributed by atoms with Crippen molar-refractivity contribution < 1.29 is 9.59 Å². The van der Waals surface area contributed by atoms with Gasteiger partial charge in [0, 0.05) is 56.6 Å². The summed E-state index contributed by atoms with van der Waals surface area (Å²) in [5, 5.41) is 4.60. The van der Waals surface area contributed by atoms with E-state index in [1.54, 1.807) is 34.6 Å². The van der Waals surface area contributed by atoms with Gasteiger partial charge < -0.3 is 9.80 Å².